The fraction of sp³-hybridized carbons (Fsp3) is 0.562. The molecule has 4 heteroatoms. The summed E-state index contributed by atoms with van der Waals surface area (Å²) >= 11 is 0. The van der Waals surface area contributed by atoms with E-state index < -0.39 is 5.41 Å². The summed E-state index contributed by atoms with van der Waals surface area (Å²) in [5.74, 6) is 0.104. The molecule has 1 aromatic carbocycles. The Hall–Kier alpha value is -1.73. The van der Waals surface area contributed by atoms with Crippen LogP contribution in [-0.4, -0.2) is 15.9 Å². The first-order chi connectivity index (χ1) is 16.4. The molecule has 202 valence electrons. The topological polar surface area (TPSA) is 50.2 Å². The second-order valence-corrected chi connectivity index (χ2v) is 11.8. The summed E-state index contributed by atoms with van der Waals surface area (Å²) in [5, 5.41) is 9.56. The van der Waals surface area contributed by atoms with Crippen molar-refractivity contribution in [2.45, 2.75) is 106 Å². The second kappa shape index (κ2) is 14.9. The number of benzene rings is 1. The molecule has 0 fully saturated rings. The molecule has 1 N–H and O–H groups in total. The third-order valence-corrected chi connectivity index (χ3v) is 6.50. The maximum atomic E-state index is 11.5. The zero-order valence-corrected chi connectivity index (χ0v) is 25.7. The summed E-state index contributed by atoms with van der Waals surface area (Å²) in [7, 11) is 0. The molecule has 0 spiro atoms. The number of unbranched alkanes of at least 4 members (excludes halogenated alkanes) is 3. The van der Waals surface area contributed by atoms with Crippen LogP contribution in [0.15, 0.2) is 42.3 Å². The number of ketones is 1. The number of rotatable bonds is 7. The van der Waals surface area contributed by atoms with Gasteiger partial charge in [0.05, 0.1) is 0 Å². The second-order valence-electron chi connectivity index (χ2n) is 11.8. The summed E-state index contributed by atoms with van der Waals surface area (Å²) in [6, 6.07) is 12.3. The van der Waals surface area contributed by atoms with Gasteiger partial charge in [-0.2, -0.15) is 0 Å². The number of aryl methyl sites for hydroxylation is 2. The van der Waals surface area contributed by atoms with Gasteiger partial charge in [-0.1, -0.05) is 91.7 Å². The molecular weight excluding hydrogens is 625 g/mol. The van der Waals surface area contributed by atoms with Crippen LogP contribution in [-0.2, 0) is 45.1 Å². The van der Waals surface area contributed by atoms with E-state index in [1.165, 1.54) is 80.6 Å². The third-order valence-electron chi connectivity index (χ3n) is 6.50. The molecule has 3 rings (SSSR count). The maximum Gasteiger partial charge on any atom is 0.164 e. The Kier molecular flexibility index (Phi) is 13.3. The van der Waals surface area contributed by atoms with Crippen LogP contribution in [0.3, 0.4) is 0 Å². The molecule has 0 aliphatic heterocycles. The van der Waals surface area contributed by atoms with Crippen molar-refractivity contribution >= 4 is 5.78 Å². The fourth-order valence-electron chi connectivity index (χ4n) is 3.97. The van der Waals surface area contributed by atoms with Gasteiger partial charge in [0.15, 0.2) is 5.78 Å². The number of hydrogen-bond donors (Lipinski definition) is 1. The van der Waals surface area contributed by atoms with Gasteiger partial charge in [0.25, 0.3) is 0 Å². The third kappa shape index (κ3) is 10.3. The van der Waals surface area contributed by atoms with Crippen molar-refractivity contribution in [1.29, 1.82) is 0 Å². The molecule has 36 heavy (non-hydrogen) atoms. The van der Waals surface area contributed by atoms with Crippen LogP contribution in [0.25, 0.3) is 11.3 Å². The first-order valence-electron chi connectivity index (χ1n) is 13.4. The minimum absolute atomic E-state index is 0. The number of carbonyl (C=O) groups excluding carboxylic acids is 1. The fourth-order valence-corrected chi connectivity index (χ4v) is 3.97. The quantitative estimate of drug-likeness (QED) is 0.139. The van der Waals surface area contributed by atoms with Crippen LogP contribution >= 0.6 is 0 Å². The number of hydrogen-bond acceptors (Lipinski definition) is 3. The number of allylic oxidation sites excluding steroid dienone is 2. The number of pyridine rings is 1. The monoisotopic (exact) mass is 671 g/mol. The molecule has 1 aromatic heterocycles. The molecule has 1 aliphatic carbocycles. The average molecular weight is 672 g/mol. The number of aliphatic hydroxyl groups excluding tert-OH is 1. The number of fused-ring (bicyclic) bond motifs is 1. The van der Waals surface area contributed by atoms with Crippen LogP contribution in [0, 0.1) is 16.9 Å². The summed E-state index contributed by atoms with van der Waals surface area (Å²) < 4.78 is 0. The van der Waals surface area contributed by atoms with Crippen molar-refractivity contribution in [1.82, 2.24) is 4.98 Å². The Bertz CT molecular complexity index is 979. The molecule has 0 unspecified atom stereocenters. The van der Waals surface area contributed by atoms with E-state index in [1.807, 2.05) is 47.7 Å². The zero-order valence-electron chi connectivity index (χ0n) is 23.4. The summed E-state index contributed by atoms with van der Waals surface area (Å²) in [6.45, 7) is 13.4. The van der Waals surface area contributed by atoms with Crippen molar-refractivity contribution in [2.24, 2.45) is 10.8 Å². The van der Waals surface area contributed by atoms with Crippen LogP contribution < -0.4 is 0 Å². The van der Waals surface area contributed by atoms with E-state index in [4.69, 9.17) is 0 Å². The molecule has 0 saturated carbocycles. The van der Waals surface area contributed by atoms with Gasteiger partial charge in [-0.3, -0.25) is 4.79 Å². The SMILES string of the molecule is CC(C)(C)C(=O)/C=C(\O)C(C)(C)C.CCCCCCc1c[c-]c(-c2nccc3c2CCCC3)cc1.[Pt]. The number of aliphatic hydroxyl groups is 1. The molecule has 1 heterocycles. The molecule has 2 aromatic rings. The summed E-state index contributed by atoms with van der Waals surface area (Å²) in [4.78, 5) is 16.1. The normalized spacial score (nSPS) is 13.7. The minimum atomic E-state index is -0.417. The predicted octanol–water partition coefficient (Wildman–Crippen LogP) is 8.64. The van der Waals surface area contributed by atoms with Gasteiger partial charge in [-0.25, -0.2) is 0 Å². The average Bonchev–Trinajstić information content (AvgIpc) is 2.81. The van der Waals surface area contributed by atoms with Crippen LogP contribution in [0.5, 0.6) is 0 Å². The number of nitrogens with zero attached hydrogens (tertiary/aromatic N) is 1. The Morgan fingerprint density at radius 3 is 2.28 bits per heavy atom. The number of carbonyl (C=O) groups is 1. The van der Waals surface area contributed by atoms with E-state index in [-0.39, 0.29) is 38.0 Å². The zero-order chi connectivity index (χ0) is 26.1. The summed E-state index contributed by atoms with van der Waals surface area (Å²) in [6.07, 6.45) is 14.7. The first kappa shape index (κ1) is 32.3. The largest absolute Gasteiger partial charge is 0.512 e. The molecule has 3 nitrogen and oxygen atoms in total. The predicted molar refractivity (Wildman–Crippen MR) is 148 cm³/mol. The number of aromatic nitrogens is 1. The van der Waals surface area contributed by atoms with E-state index in [0.29, 0.717) is 0 Å². The van der Waals surface area contributed by atoms with Crippen molar-refractivity contribution in [3.63, 3.8) is 0 Å². The van der Waals surface area contributed by atoms with Gasteiger partial charge in [0.2, 0.25) is 0 Å². The van der Waals surface area contributed by atoms with Crippen LogP contribution in [0.4, 0.5) is 0 Å². The first-order valence-corrected chi connectivity index (χ1v) is 13.4. The smallest absolute Gasteiger partial charge is 0.164 e. The van der Waals surface area contributed by atoms with Crippen LogP contribution in [0.2, 0.25) is 0 Å². The molecule has 0 bridgehead atoms. The Balaban J connectivity index is 0.000000402. The van der Waals surface area contributed by atoms with Gasteiger partial charge < -0.3 is 10.1 Å². The van der Waals surface area contributed by atoms with Crippen molar-refractivity contribution < 1.29 is 31.0 Å². The van der Waals surface area contributed by atoms with Crippen molar-refractivity contribution in [3.8, 4) is 11.3 Å². The molecule has 1 aliphatic rings. The van der Waals surface area contributed by atoms with Crippen molar-refractivity contribution in [3.05, 3.63) is 65.1 Å². The Morgan fingerprint density at radius 1 is 1.00 bits per heavy atom. The Labute approximate surface area is 234 Å². The van der Waals surface area contributed by atoms with E-state index in [2.05, 4.69) is 42.2 Å². The molecule has 0 radical (unpaired) electrons. The van der Waals surface area contributed by atoms with E-state index in [1.54, 1.807) is 0 Å². The van der Waals surface area contributed by atoms with E-state index >= 15 is 0 Å². The van der Waals surface area contributed by atoms with Gasteiger partial charge in [-0.05, 0) is 37.4 Å². The molecular formula is C32H46NO2Pt-. The molecule has 0 amide bonds. The van der Waals surface area contributed by atoms with Crippen molar-refractivity contribution in [2.75, 3.05) is 0 Å². The van der Waals surface area contributed by atoms with Gasteiger partial charge >= 0.3 is 0 Å². The van der Waals surface area contributed by atoms with E-state index in [0.717, 1.165) is 11.3 Å². The van der Waals surface area contributed by atoms with Gasteiger partial charge in [0.1, 0.15) is 5.76 Å². The van der Waals surface area contributed by atoms with E-state index in [9.17, 15) is 9.90 Å². The molecule has 0 atom stereocenters. The van der Waals surface area contributed by atoms with Crippen LogP contribution in [0.1, 0.15) is 104 Å². The Morgan fingerprint density at radius 2 is 1.69 bits per heavy atom. The maximum absolute atomic E-state index is 11.5. The molecule has 0 saturated heterocycles. The summed E-state index contributed by atoms with van der Waals surface area (Å²) in [5.41, 5.74) is 5.92. The minimum Gasteiger partial charge on any atom is -0.512 e. The standard InChI is InChI=1S/C21H26N.C11H20O2.Pt/c1-2-3-4-5-8-17-11-13-19(14-12-17)21-20-10-7-6-9-18(20)15-16-22-21;1-10(2,3)8(12)7-9(13)11(4,5)6;/h11-13,15-16H,2-10H2,1H3;7,12H,1-6H3;/q-1;;/b;8-7-;. The van der Waals surface area contributed by atoms with Gasteiger partial charge in [-0.15, -0.1) is 35.4 Å². The van der Waals surface area contributed by atoms with Gasteiger partial charge in [0, 0.05) is 44.2 Å².